The van der Waals surface area contributed by atoms with Gasteiger partial charge in [-0.05, 0) is 37.0 Å². The quantitative estimate of drug-likeness (QED) is 0.0490. The zero-order valence-corrected chi connectivity index (χ0v) is 31.1. The monoisotopic (exact) mass is 803 g/mol. The van der Waals surface area contributed by atoms with Gasteiger partial charge in [0.25, 0.3) is 5.91 Å². The number of rotatable bonds is 18. The first kappa shape index (κ1) is 53.0. The number of aryl methyl sites for hydroxylation is 1. The Bertz CT molecular complexity index is 1180. The van der Waals surface area contributed by atoms with Crippen molar-refractivity contribution >= 4 is 105 Å². The van der Waals surface area contributed by atoms with E-state index in [1.165, 1.54) is 0 Å². The van der Waals surface area contributed by atoms with Gasteiger partial charge in [-0.2, -0.15) is 27.0 Å². The molecule has 48 heavy (non-hydrogen) atoms. The predicted octanol–water partition coefficient (Wildman–Crippen LogP) is -1.01. The van der Waals surface area contributed by atoms with Gasteiger partial charge in [-0.1, -0.05) is 23.7 Å². The number of benzene rings is 1. The topological polar surface area (TPSA) is 282 Å². The summed E-state index contributed by atoms with van der Waals surface area (Å²) in [6.45, 7) is -0.197. The number of carbonyl (C=O) groups excluding carboxylic acids is 1. The Balaban J connectivity index is -0.00000194. The summed E-state index contributed by atoms with van der Waals surface area (Å²) in [5.74, 6) is -1.06. The molecule has 4 atom stereocenters. The third-order valence-electron chi connectivity index (χ3n) is 6.38. The molecule has 1 amide bonds. The molecular formula is C26H49Cl4N9O7S2. The minimum atomic E-state index is -1.34. The molecule has 0 saturated heterocycles. The molecule has 1 aromatic heterocycles. The fraction of sp³-hybridized carbons (Fsp3) is 0.538. The summed E-state index contributed by atoms with van der Waals surface area (Å²) in [5.41, 5.74) is 18.7. The maximum Gasteiger partial charge on any atom is 0.280 e. The molecule has 16 nitrogen and oxygen atoms in total. The highest BCUT2D eigenvalue weighted by atomic mass is 35.5. The van der Waals surface area contributed by atoms with Crippen molar-refractivity contribution in [3.63, 3.8) is 0 Å². The van der Waals surface area contributed by atoms with Gasteiger partial charge in [0, 0.05) is 38.4 Å². The van der Waals surface area contributed by atoms with Gasteiger partial charge in [-0.3, -0.25) is 20.0 Å². The molecule has 22 heteroatoms. The lowest BCUT2D eigenvalue weighted by Crippen LogP contribution is -2.47. The molecule has 0 fully saturated rings. The van der Waals surface area contributed by atoms with Gasteiger partial charge in [0.1, 0.15) is 12.2 Å². The summed E-state index contributed by atoms with van der Waals surface area (Å²) < 4.78 is 0. The van der Waals surface area contributed by atoms with E-state index in [0.717, 1.165) is 30.5 Å². The van der Waals surface area contributed by atoms with E-state index in [2.05, 4.69) is 25.6 Å². The van der Waals surface area contributed by atoms with E-state index in [1.807, 2.05) is 24.3 Å². The number of carbonyl (C=O) groups is 1. The first-order chi connectivity index (χ1) is 20.4. The van der Waals surface area contributed by atoms with Crippen LogP contribution in [0.5, 0.6) is 0 Å². The molecule has 14 N–H and O–H groups in total. The van der Waals surface area contributed by atoms with Crippen molar-refractivity contribution in [3.8, 4) is 0 Å². The standard InChI is InChI=1S/C26H42ClN9O7.3ClH.2H2S/c27-22-24(29)34-23(28)21(33-22)25(43)35-26(30)32-8-2-1-3-15-4-6-16(7-5-15)31-9-10-36(11-17(39)19(41)13-37)12-18(40)20(42)14-38;;;;;/h4-7,17-20,31,37-42H,1-3,8-14H2,(H4,28,29,34)(H3,30,32,35,43);3*1H;2*1H2/t17-,18-,19+,20+;;;;;/m0...../s1. The first-order valence-electron chi connectivity index (χ1n) is 13.6. The van der Waals surface area contributed by atoms with Crippen LogP contribution in [0.2, 0.25) is 5.15 Å². The number of hydrogen-bond acceptors (Lipinski definition) is 14. The smallest absolute Gasteiger partial charge is 0.280 e. The van der Waals surface area contributed by atoms with Crippen molar-refractivity contribution in [2.45, 2.75) is 43.7 Å². The van der Waals surface area contributed by atoms with Crippen LogP contribution in [0.15, 0.2) is 29.3 Å². The number of guanidine groups is 1. The van der Waals surface area contributed by atoms with Crippen molar-refractivity contribution in [2.75, 3.05) is 62.7 Å². The minimum Gasteiger partial charge on any atom is -0.394 e. The lowest BCUT2D eigenvalue weighted by Gasteiger charge is -2.30. The fourth-order valence-electron chi connectivity index (χ4n) is 3.88. The third-order valence-corrected chi connectivity index (χ3v) is 6.66. The lowest BCUT2D eigenvalue weighted by molar-refractivity contribution is -0.0529. The summed E-state index contributed by atoms with van der Waals surface area (Å²) >= 11 is 5.79. The molecule has 0 aliphatic rings. The lowest BCUT2D eigenvalue weighted by atomic mass is 10.1. The summed E-state index contributed by atoms with van der Waals surface area (Å²) in [6, 6.07) is 7.78. The average Bonchev–Trinajstić information content (AvgIpc) is 2.98. The summed E-state index contributed by atoms with van der Waals surface area (Å²) in [5, 5.41) is 63.1. The zero-order valence-electron chi connectivity index (χ0n) is 25.9. The number of halogens is 4. The Kier molecular flexibility index (Phi) is 30.9. The zero-order chi connectivity index (χ0) is 31.9. The van der Waals surface area contributed by atoms with E-state index in [-0.39, 0.29) is 106 Å². The second-order valence-electron chi connectivity index (χ2n) is 9.83. The predicted molar refractivity (Wildman–Crippen MR) is 205 cm³/mol. The van der Waals surface area contributed by atoms with E-state index in [1.54, 1.807) is 4.90 Å². The number of unbranched alkanes of at least 4 members (excludes halogenated alkanes) is 1. The van der Waals surface area contributed by atoms with Crippen LogP contribution in [-0.4, -0.2) is 128 Å². The molecule has 1 aromatic carbocycles. The Labute approximate surface area is 317 Å². The van der Waals surface area contributed by atoms with Gasteiger partial charge in [-0.15, -0.1) is 37.2 Å². The van der Waals surface area contributed by atoms with Crippen LogP contribution in [0.25, 0.3) is 0 Å². The number of aliphatic hydroxyl groups is 6. The molecular weight excluding hydrogens is 756 g/mol. The number of nitrogens with zero attached hydrogens (tertiary/aromatic N) is 4. The Morgan fingerprint density at radius 2 is 1.42 bits per heavy atom. The number of nitrogens with two attached hydrogens (primary N) is 3. The molecule has 280 valence electrons. The molecule has 0 aliphatic heterocycles. The highest BCUT2D eigenvalue weighted by molar-refractivity contribution is 7.59. The van der Waals surface area contributed by atoms with Gasteiger partial charge < -0.3 is 53.2 Å². The van der Waals surface area contributed by atoms with Gasteiger partial charge in [0.2, 0.25) is 0 Å². The van der Waals surface area contributed by atoms with E-state index in [0.29, 0.717) is 19.6 Å². The number of aromatic nitrogens is 2. The van der Waals surface area contributed by atoms with E-state index >= 15 is 0 Å². The molecule has 0 saturated carbocycles. The maximum atomic E-state index is 12.3. The molecule has 0 bridgehead atoms. The first-order valence-corrected chi connectivity index (χ1v) is 14.0. The van der Waals surface area contributed by atoms with Crippen LogP contribution in [0.4, 0.5) is 17.3 Å². The molecule has 2 rings (SSSR count). The van der Waals surface area contributed by atoms with Crippen LogP contribution < -0.4 is 27.8 Å². The van der Waals surface area contributed by atoms with Gasteiger partial charge in [0.05, 0.1) is 25.4 Å². The van der Waals surface area contributed by atoms with Crippen LogP contribution >= 0.6 is 75.8 Å². The molecule has 0 unspecified atom stereocenters. The maximum absolute atomic E-state index is 12.3. The number of nitrogen functional groups attached to an aromatic ring is 2. The number of nitrogens with one attached hydrogen (secondary N) is 2. The Morgan fingerprint density at radius 1 is 0.875 bits per heavy atom. The third kappa shape index (κ3) is 18.8. The minimum absolute atomic E-state index is 0. The highest BCUT2D eigenvalue weighted by Crippen LogP contribution is 2.17. The number of amides is 1. The van der Waals surface area contributed by atoms with Crippen LogP contribution in [0.1, 0.15) is 28.9 Å². The van der Waals surface area contributed by atoms with Crippen molar-refractivity contribution in [3.05, 3.63) is 40.7 Å². The summed E-state index contributed by atoms with van der Waals surface area (Å²) in [7, 11) is 0. The van der Waals surface area contributed by atoms with E-state index in [4.69, 9.17) is 39.0 Å². The largest absolute Gasteiger partial charge is 0.394 e. The van der Waals surface area contributed by atoms with Gasteiger partial charge in [0.15, 0.2) is 28.4 Å². The normalized spacial score (nSPS) is 13.2. The SMILES string of the molecule is Cl.Cl.Cl.NC(=NCCCCc1ccc(NCCN(C[C@H](O)[C@H](O)CO)C[C@H](O)[C@H](O)CO)cc1)NC(=O)c1nc(Cl)c(N)nc1N.S.S. The molecule has 0 aliphatic carbocycles. The average molecular weight is 806 g/mol. The fourth-order valence-corrected chi connectivity index (χ4v) is 4.01. The molecule has 0 spiro atoms. The second kappa shape index (κ2) is 28.0. The summed E-state index contributed by atoms with van der Waals surface area (Å²) in [4.78, 5) is 25.6. The van der Waals surface area contributed by atoms with Crippen molar-refractivity contribution in [1.82, 2.24) is 20.2 Å². The number of hydrogen-bond donors (Lipinski definition) is 11. The number of anilines is 3. The van der Waals surface area contributed by atoms with Gasteiger partial charge in [-0.25, -0.2) is 9.97 Å². The molecule has 1 heterocycles. The van der Waals surface area contributed by atoms with Crippen molar-refractivity contribution < 1.29 is 35.4 Å². The van der Waals surface area contributed by atoms with Crippen molar-refractivity contribution in [2.24, 2.45) is 10.7 Å². The van der Waals surface area contributed by atoms with E-state index < -0.39 is 43.5 Å². The van der Waals surface area contributed by atoms with Crippen molar-refractivity contribution in [1.29, 1.82) is 0 Å². The molecule has 2 aromatic rings. The van der Waals surface area contributed by atoms with E-state index in [9.17, 15) is 25.2 Å². The summed E-state index contributed by atoms with van der Waals surface area (Å²) in [6.07, 6.45) is -2.87. The second-order valence-corrected chi connectivity index (χ2v) is 10.2. The number of aliphatic hydroxyl groups excluding tert-OH is 6. The number of aliphatic imine (C=N–C) groups is 1. The van der Waals surface area contributed by atoms with Crippen LogP contribution in [0.3, 0.4) is 0 Å². The molecule has 0 radical (unpaired) electrons. The van der Waals surface area contributed by atoms with Crippen LogP contribution in [0, 0.1) is 0 Å². The Morgan fingerprint density at radius 3 is 1.94 bits per heavy atom. The van der Waals surface area contributed by atoms with Crippen LogP contribution in [-0.2, 0) is 6.42 Å². The van der Waals surface area contributed by atoms with Gasteiger partial charge >= 0.3 is 0 Å². The highest BCUT2D eigenvalue weighted by Gasteiger charge is 2.23. The Hall–Kier alpha value is -1.78.